The smallest absolute Gasteiger partial charge is 0.236 e. The Kier molecular flexibility index (Phi) is 4.02. The second kappa shape index (κ2) is 6.12. The van der Waals surface area contributed by atoms with Gasteiger partial charge in [0.15, 0.2) is 5.58 Å². The molecule has 3 aromatic rings. The highest BCUT2D eigenvalue weighted by Crippen LogP contribution is 2.27. The van der Waals surface area contributed by atoms with E-state index < -0.39 is 5.92 Å². The predicted octanol–water partition coefficient (Wildman–Crippen LogP) is 3.89. The van der Waals surface area contributed by atoms with Gasteiger partial charge in [0, 0.05) is 0 Å². The minimum absolute atomic E-state index is 0.194. The number of hydrogen-bond donors (Lipinski definition) is 1. The molecule has 0 radical (unpaired) electrons. The minimum atomic E-state index is -0.507. The average molecular weight is 310 g/mol. The highest BCUT2D eigenvalue weighted by atomic mass is 16.5. The molecule has 3 rings (SSSR count). The molecule has 0 bridgehead atoms. The predicted molar refractivity (Wildman–Crippen MR) is 88.8 cm³/mol. The van der Waals surface area contributed by atoms with Crippen LogP contribution in [0.2, 0.25) is 0 Å². The van der Waals surface area contributed by atoms with Gasteiger partial charge in [0.2, 0.25) is 11.8 Å². The number of hydrogen-bond acceptors (Lipinski definition) is 4. The van der Waals surface area contributed by atoms with Gasteiger partial charge in [-0.25, -0.2) is 4.98 Å². The normalized spacial score (nSPS) is 12.1. The number of amides is 1. The van der Waals surface area contributed by atoms with E-state index in [1.807, 2.05) is 49.4 Å². The molecule has 1 unspecified atom stereocenters. The third-order valence-corrected chi connectivity index (χ3v) is 3.69. The number of aryl methyl sites for hydroxylation is 1. The summed E-state index contributed by atoms with van der Waals surface area (Å²) in [5, 5.41) is 2.88. The topological polar surface area (TPSA) is 64.4 Å². The second-order valence-corrected chi connectivity index (χ2v) is 5.43. The summed E-state index contributed by atoms with van der Waals surface area (Å²) in [7, 11) is 1.57. The molecule has 1 N–H and O–H groups in total. The fraction of sp³-hybridized carbons (Fsp3) is 0.222. The molecule has 0 fully saturated rings. The van der Waals surface area contributed by atoms with Crippen molar-refractivity contribution in [2.24, 2.45) is 0 Å². The van der Waals surface area contributed by atoms with Gasteiger partial charge in [-0.2, -0.15) is 0 Å². The maximum absolute atomic E-state index is 12.5. The van der Waals surface area contributed by atoms with Crippen molar-refractivity contribution in [3.05, 3.63) is 53.9 Å². The van der Waals surface area contributed by atoms with E-state index in [0.717, 1.165) is 11.1 Å². The number of methoxy groups -OCH3 is 1. The zero-order valence-corrected chi connectivity index (χ0v) is 13.3. The van der Waals surface area contributed by atoms with Crippen molar-refractivity contribution in [1.29, 1.82) is 0 Å². The van der Waals surface area contributed by atoms with Gasteiger partial charge in [-0.1, -0.05) is 18.2 Å². The molecule has 0 saturated heterocycles. The number of oxazole rings is 1. The summed E-state index contributed by atoms with van der Waals surface area (Å²) in [6.07, 6.45) is 0. The van der Waals surface area contributed by atoms with Gasteiger partial charge in [0.25, 0.3) is 0 Å². The molecule has 118 valence electrons. The molecule has 1 heterocycles. The molecule has 1 aromatic heterocycles. The second-order valence-electron chi connectivity index (χ2n) is 5.43. The first kappa shape index (κ1) is 15.1. The lowest BCUT2D eigenvalue weighted by atomic mass is 10.1. The summed E-state index contributed by atoms with van der Waals surface area (Å²) in [5.74, 6) is 0.317. The lowest BCUT2D eigenvalue weighted by molar-refractivity contribution is -0.117. The van der Waals surface area contributed by atoms with Crippen LogP contribution in [0.4, 0.5) is 5.69 Å². The largest absolute Gasteiger partial charge is 0.495 e. The van der Waals surface area contributed by atoms with E-state index >= 15 is 0 Å². The van der Waals surface area contributed by atoms with Crippen LogP contribution in [-0.2, 0) is 4.79 Å². The third kappa shape index (κ3) is 3.04. The van der Waals surface area contributed by atoms with Gasteiger partial charge < -0.3 is 14.5 Å². The Morgan fingerprint density at radius 1 is 1.26 bits per heavy atom. The number of rotatable bonds is 4. The highest BCUT2D eigenvalue weighted by molar-refractivity contribution is 5.96. The molecule has 0 aliphatic rings. The molecule has 0 spiro atoms. The van der Waals surface area contributed by atoms with Gasteiger partial charge in [-0.15, -0.1) is 0 Å². The minimum Gasteiger partial charge on any atom is -0.495 e. The van der Waals surface area contributed by atoms with Crippen LogP contribution in [0, 0.1) is 6.92 Å². The first-order valence-corrected chi connectivity index (χ1v) is 7.39. The summed E-state index contributed by atoms with van der Waals surface area (Å²) >= 11 is 0. The first-order valence-electron chi connectivity index (χ1n) is 7.39. The molecule has 2 aromatic carbocycles. The van der Waals surface area contributed by atoms with E-state index in [2.05, 4.69) is 10.3 Å². The molecule has 1 atom stereocenters. The van der Waals surface area contributed by atoms with Crippen LogP contribution in [-0.4, -0.2) is 18.0 Å². The van der Waals surface area contributed by atoms with Crippen LogP contribution in [0.5, 0.6) is 5.75 Å². The summed E-state index contributed by atoms with van der Waals surface area (Å²) in [6, 6.07) is 13.1. The number of ether oxygens (including phenoxy) is 1. The summed E-state index contributed by atoms with van der Waals surface area (Å²) in [4.78, 5) is 16.9. The van der Waals surface area contributed by atoms with Crippen molar-refractivity contribution in [3.8, 4) is 5.75 Å². The maximum Gasteiger partial charge on any atom is 0.236 e. The fourth-order valence-electron chi connectivity index (χ4n) is 2.35. The molecular formula is C18H18N2O3. The lowest BCUT2D eigenvalue weighted by Gasteiger charge is -2.13. The number of nitrogens with one attached hydrogen (secondary N) is 1. The van der Waals surface area contributed by atoms with Gasteiger partial charge in [-0.05, 0) is 43.7 Å². The van der Waals surface area contributed by atoms with E-state index in [0.29, 0.717) is 22.9 Å². The van der Waals surface area contributed by atoms with Crippen LogP contribution in [0.3, 0.4) is 0 Å². The van der Waals surface area contributed by atoms with E-state index in [1.165, 1.54) is 0 Å². The van der Waals surface area contributed by atoms with Gasteiger partial charge >= 0.3 is 0 Å². The van der Waals surface area contributed by atoms with Crippen LogP contribution >= 0.6 is 0 Å². The van der Waals surface area contributed by atoms with Crippen LogP contribution in [0.15, 0.2) is 46.9 Å². The van der Waals surface area contributed by atoms with Crippen LogP contribution in [0.25, 0.3) is 11.1 Å². The zero-order valence-electron chi connectivity index (χ0n) is 13.3. The summed E-state index contributed by atoms with van der Waals surface area (Å²) < 4.78 is 10.9. The average Bonchev–Trinajstić information content (AvgIpc) is 2.98. The Bertz CT molecular complexity index is 821. The van der Waals surface area contributed by atoms with Crippen molar-refractivity contribution < 1.29 is 13.9 Å². The Morgan fingerprint density at radius 2 is 2.04 bits per heavy atom. The Labute approximate surface area is 134 Å². The Morgan fingerprint density at radius 3 is 2.78 bits per heavy atom. The third-order valence-electron chi connectivity index (χ3n) is 3.69. The van der Waals surface area contributed by atoms with Crippen molar-refractivity contribution in [2.45, 2.75) is 19.8 Å². The van der Waals surface area contributed by atoms with Gasteiger partial charge in [0.1, 0.15) is 17.2 Å². The Hall–Kier alpha value is -2.82. The number of carbonyl (C=O) groups is 1. The first-order chi connectivity index (χ1) is 11.1. The molecule has 1 amide bonds. The maximum atomic E-state index is 12.5. The molecule has 0 aliphatic heterocycles. The molecule has 0 saturated carbocycles. The quantitative estimate of drug-likeness (QED) is 0.794. The van der Waals surface area contributed by atoms with Crippen molar-refractivity contribution in [2.75, 3.05) is 12.4 Å². The number of aromatic nitrogens is 1. The van der Waals surface area contributed by atoms with Crippen LogP contribution in [0.1, 0.15) is 24.3 Å². The van der Waals surface area contributed by atoms with E-state index in [4.69, 9.17) is 9.15 Å². The van der Waals surface area contributed by atoms with Gasteiger partial charge in [0.05, 0.1) is 12.8 Å². The van der Waals surface area contributed by atoms with Gasteiger partial charge in [-0.3, -0.25) is 4.79 Å². The molecular weight excluding hydrogens is 292 g/mol. The van der Waals surface area contributed by atoms with E-state index in [1.54, 1.807) is 14.0 Å². The summed E-state index contributed by atoms with van der Waals surface area (Å²) in [5.41, 5.74) is 3.10. The standard InChI is InChI=1S/C18H18N2O3/c1-11-8-9-15(22-3)14(10-11)19-17(21)12(2)18-20-13-6-4-5-7-16(13)23-18/h4-10,12H,1-3H3,(H,19,21). The van der Waals surface area contributed by atoms with Crippen LogP contribution < -0.4 is 10.1 Å². The molecule has 0 aliphatic carbocycles. The number of para-hydroxylation sites is 2. The molecule has 23 heavy (non-hydrogen) atoms. The highest BCUT2D eigenvalue weighted by Gasteiger charge is 2.22. The fourth-order valence-corrected chi connectivity index (χ4v) is 2.35. The van der Waals surface area contributed by atoms with Crippen molar-refractivity contribution in [1.82, 2.24) is 4.98 Å². The lowest BCUT2D eigenvalue weighted by Crippen LogP contribution is -2.19. The monoisotopic (exact) mass is 310 g/mol. The number of carbonyl (C=O) groups excluding carboxylic acids is 1. The molecule has 5 heteroatoms. The summed E-state index contributed by atoms with van der Waals surface area (Å²) in [6.45, 7) is 3.72. The number of benzene rings is 2. The zero-order chi connectivity index (χ0) is 16.4. The van der Waals surface area contributed by atoms with Crippen molar-refractivity contribution in [3.63, 3.8) is 0 Å². The van der Waals surface area contributed by atoms with E-state index in [-0.39, 0.29) is 5.91 Å². The Balaban J connectivity index is 1.84. The van der Waals surface area contributed by atoms with E-state index in [9.17, 15) is 4.79 Å². The number of fused-ring (bicyclic) bond motifs is 1. The van der Waals surface area contributed by atoms with Crippen molar-refractivity contribution >= 4 is 22.7 Å². The number of anilines is 1. The number of nitrogens with zero attached hydrogens (tertiary/aromatic N) is 1. The molecule has 5 nitrogen and oxygen atoms in total. The SMILES string of the molecule is COc1ccc(C)cc1NC(=O)C(C)c1nc2ccccc2o1.